The van der Waals surface area contributed by atoms with E-state index in [-0.39, 0.29) is 12.5 Å². The van der Waals surface area contributed by atoms with Gasteiger partial charge in [0.2, 0.25) is 5.91 Å². The Balaban J connectivity index is 2.03. The van der Waals surface area contributed by atoms with Crippen LogP contribution in [0.5, 0.6) is 0 Å². The van der Waals surface area contributed by atoms with Crippen LogP contribution in [0.15, 0.2) is 30.3 Å². The Kier molecular flexibility index (Phi) is 5.34. The van der Waals surface area contributed by atoms with Crippen molar-refractivity contribution in [1.29, 1.82) is 0 Å². The van der Waals surface area contributed by atoms with Crippen LogP contribution in [0.2, 0.25) is 0 Å². The van der Waals surface area contributed by atoms with Gasteiger partial charge in [0.25, 0.3) is 0 Å². The van der Waals surface area contributed by atoms with Crippen LogP contribution in [0.3, 0.4) is 0 Å². The van der Waals surface area contributed by atoms with E-state index in [2.05, 4.69) is 37.2 Å². The van der Waals surface area contributed by atoms with Crippen LogP contribution < -0.4 is 5.32 Å². The predicted octanol–water partition coefficient (Wildman–Crippen LogP) is 5.73. The number of anilines is 1. The summed E-state index contributed by atoms with van der Waals surface area (Å²) in [6.45, 7) is 5.88. The van der Waals surface area contributed by atoms with Crippen molar-refractivity contribution < 1.29 is 14.3 Å². The quantitative estimate of drug-likeness (QED) is 0.421. The number of amides is 1. The average molecular weight is 501 g/mol. The molecular weight excluding hydrogens is 482 g/mol. The van der Waals surface area contributed by atoms with Crippen LogP contribution in [0, 0.1) is 12.3 Å². The van der Waals surface area contributed by atoms with Gasteiger partial charge < -0.3 is 10.1 Å². The lowest BCUT2D eigenvalue weighted by Crippen LogP contribution is -2.26. The highest BCUT2D eigenvalue weighted by Gasteiger charge is 2.66. The standard InChI is InChI=1S/C19H19Br2NO3S/c1-4-25-16(23)14-13(12-8-6-5-7-9-12)11(2)26-15(14)22-17(24)18(3)10-19(18,20)21/h5-9H,4,10H2,1-3H3,(H,22,24)/t18-/m1/s1. The summed E-state index contributed by atoms with van der Waals surface area (Å²) in [6, 6.07) is 9.68. The third-order valence-electron chi connectivity index (χ3n) is 4.61. The van der Waals surface area contributed by atoms with Gasteiger partial charge in [0, 0.05) is 10.4 Å². The van der Waals surface area contributed by atoms with Gasteiger partial charge in [-0.15, -0.1) is 11.3 Å². The van der Waals surface area contributed by atoms with Gasteiger partial charge >= 0.3 is 5.97 Å². The number of nitrogens with one attached hydrogen (secondary N) is 1. The smallest absolute Gasteiger partial charge is 0.341 e. The summed E-state index contributed by atoms with van der Waals surface area (Å²) in [7, 11) is 0. The van der Waals surface area contributed by atoms with Crippen LogP contribution in [-0.2, 0) is 9.53 Å². The van der Waals surface area contributed by atoms with Crippen LogP contribution in [0.1, 0.15) is 35.5 Å². The van der Waals surface area contributed by atoms with Crippen molar-refractivity contribution in [3.05, 3.63) is 40.8 Å². The molecule has 1 aliphatic rings. The number of ether oxygens (including phenoxy) is 1. The van der Waals surface area contributed by atoms with Crippen LogP contribution in [0.4, 0.5) is 5.00 Å². The number of carbonyl (C=O) groups is 2. The molecule has 1 heterocycles. The fourth-order valence-electron chi connectivity index (χ4n) is 2.87. The van der Waals surface area contributed by atoms with Gasteiger partial charge in [-0.1, -0.05) is 62.2 Å². The molecule has 0 saturated heterocycles. The summed E-state index contributed by atoms with van der Waals surface area (Å²) in [5.41, 5.74) is 1.60. The van der Waals surface area contributed by atoms with Crippen LogP contribution in [-0.4, -0.2) is 21.7 Å². The van der Waals surface area contributed by atoms with Gasteiger partial charge in [0.15, 0.2) is 0 Å². The number of alkyl halides is 2. The highest BCUT2D eigenvalue weighted by atomic mass is 79.9. The van der Waals surface area contributed by atoms with Gasteiger partial charge in [0.05, 0.1) is 15.3 Å². The highest BCUT2D eigenvalue weighted by molar-refractivity contribution is 9.25. The molecule has 0 bridgehead atoms. The Morgan fingerprint density at radius 1 is 1.27 bits per heavy atom. The molecule has 2 aromatic rings. The zero-order chi connectivity index (χ0) is 19.1. The van der Waals surface area contributed by atoms with E-state index in [0.717, 1.165) is 16.0 Å². The maximum atomic E-state index is 12.8. The lowest BCUT2D eigenvalue weighted by atomic mass is 10.0. The molecule has 0 spiro atoms. The minimum absolute atomic E-state index is 0.127. The number of halogens is 2. The highest BCUT2D eigenvalue weighted by Crippen LogP contribution is 2.66. The number of hydrogen-bond acceptors (Lipinski definition) is 4. The van der Waals surface area contributed by atoms with E-state index in [0.29, 0.717) is 17.0 Å². The zero-order valence-electron chi connectivity index (χ0n) is 14.7. The number of carbonyl (C=O) groups excluding carboxylic acids is 2. The summed E-state index contributed by atoms with van der Waals surface area (Å²) in [6.07, 6.45) is 0.677. The van der Waals surface area contributed by atoms with E-state index in [4.69, 9.17) is 4.74 Å². The Morgan fingerprint density at radius 2 is 1.88 bits per heavy atom. The van der Waals surface area contributed by atoms with E-state index in [1.165, 1.54) is 11.3 Å². The average Bonchev–Trinajstić information content (AvgIpc) is 2.95. The van der Waals surface area contributed by atoms with E-state index in [1.807, 2.05) is 44.2 Å². The Labute approximate surface area is 173 Å². The van der Waals surface area contributed by atoms with Crippen molar-refractivity contribution >= 4 is 60.1 Å². The van der Waals surface area contributed by atoms with Gasteiger partial charge in [-0.05, 0) is 32.8 Å². The number of thiophene rings is 1. The summed E-state index contributed by atoms with van der Waals surface area (Å²) >= 11 is 8.44. The normalized spacial score (nSPS) is 20.5. The maximum absolute atomic E-state index is 12.8. The molecule has 4 nitrogen and oxygen atoms in total. The minimum atomic E-state index is -0.566. The summed E-state index contributed by atoms with van der Waals surface area (Å²) in [5.74, 6) is -0.548. The van der Waals surface area contributed by atoms with E-state index in [9.17, 15) is 9.59 Å². The first-order valence-electron chi connectivity index (χ1n) is 8.26. The second-order valence-electron chi connectivity index (χ2n) is 6.49. The van der Waals surface area contributed by atoms with Crippen molar-refractivity contribution in [3.63, 3.8) is 0 Å². The molecular formula is C19H19Br2NO3S. The summed E-state index contributed by atoms with van der Waals surface area (Å²) in [5, 5.41) is 3.49. The molecule has 1 fully saturated rings. The number of benzene rings is 1. The molecule has 0 aliphatic heterocycles. The van der Waals surface area contributed by atoms with Crippen LogP contribution in [0.25, 0.3) is 11.1 Å². The van der Waals surface area contributed by atoms with E-state index in [1.54, 1.807) is 6.92 Å². The monoisotopic (exact) mass is 499 g/mol. The van der Waals surface area contributed by atoms with Gasteiger partial charge in [0.1, 0.15) is 10.6 Å². The fourth-order valence-corrected chi connectivity index (χ4v) is 5.41. The van der Waals surface area contributed by atoms with E-state index >= 15 is 0 Å². The number of rotatable bonds is 5. The van der Waals surface area contributed by atoms with Gasteiger partial charge in [-0.25, -0.2) is 4.79 Å². The largest absolute Gasteiger partial charge is 0.462 e. The summed E-state index contributed by atoms with van der Waals surface area (Å²) in [4.78, 5) is 26.4. The van der Waals surface area contributed by atoms with Crippen molar-refractivity contribution in [3.8, 4) is 11.1 Å². The van der Waals surface area contributed by atoms with Crippen LogP contribution >= 0.6 is 43.2 Å². The first-order valence-corrected chi connectivity index (χ1v) is 10.7. The molecule has 0 radical (unpaired) electrons. The second-order valence-corrected chi connectivity index (χ2v) is 11.5. The first kappa shape index (κ1) is 19.6. The summed E-state index contributed by atoms with van der Waals surface area (Å²) < 4.78 is 4.87. The Morgan fingerprint density at radius 3 is 2.42 bits per heavy atom. The van der Waals surface area contributed by atoms with Gasteiger partial charge in [-0.2, -0.15) is 0 Å². The fraction of sp³-hybridized carbons (Fsp3) is 0.368. The molecule has 26 heavy (non-hydrogen) atoms. The lowest BCUT2D eigenvalue weighted by molar-refractivity contribution is -0.120. The zero-order valence-corrected chi connectivity index (χ0v) is 18.7. The van der Waals surface area contributed by atoms with Crippen molar-refractivity contribution in [1.82, 2.24) is 0 Å². The molecule has 3 rings (SSSR count). The number of hydrogen-bond donors (Lipinski definition) is 1. The lowest BCUT2D eigenvalue weighted by Gasteiger charge is -2.13. The third-order valence-corrected chi connectivity index (χ3v) is 7.94. The number of esters is 1. The predicted molar refractivity (Wildman–Crippen MR) is 112 cm³/mol. The van der Waals surface area contributed by atoms with Crippen molar-refractivity contribution in [2.45, 2.75) is 30.4 Å². The molecule has 7 heteroatoms. The van der Waals surface area contributed by atoms with Crippen molar-refractivity contribution in [2.75, 3.05) is 11.9 Å². The molecule has 1 atom stereocenters. The Bertz CT molecular complexity index is 863. The number of aryl methyl sites for hydroxylation is 1. The molecule has 138 valence electrons. The molecule has 0 unspecified atom stereocenters. The van der Waals surface area contributed by atoms with Crippen molar-refractivity contribution in [2.24, 2.45) is 5.41 Å². The molecule has 1 aromatic heterocycles. The SMILES string of the molecule is CCOC(=O)c1c(NC(=O)[C@@]2(C)CC2(Br)Br)sc(C)c1-c1ccccc1. The molecule has 1 saturated carbocycles. The topological polar surface area (TPSA) is 55.4 Å². The molecule has 1 aromatic carbocycles. The van der Waals surface area contributed by atoms with Gasteiger partial charge in [-0.3, -0.25) is 4.79 Å². The van der Waals surface area contributed by atoms with E-state index < -0.39 is 14.6 Å². The minimum Gasteiger partial charge on any atom is -0.462 e. The maximum Gasteiger partial charge on any atom is 0.341 e. The Hall–Kier alpha value is -1.18. The third kappa shape index (κ3) is 3.37. The first-order chi connectivity index (χ1) is 12.2. The molecule has 1 aliphatic carbocycles. The molecule has 1 N–H and O–H groups in total. The second kappa shape index (κ2) is 7.09. The molecule has 1 amide bonds.